The van der Waals surface area contributed by atoms with E-state index in [9.17, 15) is 4.79 Å². The van der Waals surface area contributed by atoms with E-state index in [-0.39, 0.29) is 12.6 Å². The molecule has 0 radical (unpaired) electrons. The van der Waals surface area contributed by atoms with Gasteiger partial charge in [-0.05, 0) is 12.5 Å². The molecule has 3 heteroatoms. The molecule has 0 unspecified atom stereocenters. The fourth-order valence-corrected chi connectivity index (χ4v) is 1.17. The average molecular weight is 194 g/mol. The highest BCUT2D eigenvalue weighted by atomic mass is 16.5. The lowest BCUT2D eigenvalue weighted by Gasteiger charge is -1.90. The molecule has 1 aliphatic heterocycles. The molecule has 3 nitrogen and oxygen atoms in total. The van der Waals surface area contributed by atoms with E-state index in [1.54, 1.807) is 6.08 Å². The average Bonchev–Trinajstić information content (AvgIpc) is 2.53. The Balaban J connectivity index is 2.84. The Morgan fingerprint density at radius 1 is 1.43 bits per heavy atom. The zero-order valence-corrected chi connectivity index (χ0v) is 8.19. The summed E-state index contributed by atoms with van der Waals surface area (Å²) in [5.74, 6) is -0.314. The molecule has 0 saturated carbocycles. The van der Waals surface area contributed by atoms with Crippen LogP contribution in [-0.4, -0.2) is 24.3 Å². The quantitative estimate of drug-likeness (QED) is 0.687. The number of ether oxygens (including phenoxy) is 1. The number of allylic oxidation sites excluding steroid dienone is 1. The van der Waals surface area contributed by atoms with E-state index in [1.807, 2.05) is 19.1 Å². The van der Waals surface area contributed by atoms with Crippen molar-refractivity contribution in [1.82, 2.24) is 0 Å². The summed E-state index contributed by atoms with van der Waals surface area (Å²) in [7, 11) is 0. The SMILES string of the molecule is CC/C=C/C1=C(/C=C/CO)C(=O)OC1. The van der Waals surface area contributed by atoms with Crippen LogP contribution >= 0.6 is 0 Å². The Kier molecular flexibility index (Phi) is 4.13. The molecule has 0 amide bonds. The number of esters is 1. The first-order valence-corrected chi connectivity index (χ1v) is 4.63. The Morgan fingerprint density at radius 2 is 2.21 bits per heavy atom. The van der Waals surface area contributed by atoms with Crippen molar-refractivity contribution in [2.24, 2.45) is 0 Å². The van der Waals surface area contributed by atoms with E-state index in [0.717, 1.165) is 12.0 Å². The highest BCUT2D eigenvalue weighted by Crippen LogP contribution is 2.18. The number of aliphatic hydroxyl groups is 1. The highest BCUT2D eigenvalue weighted by molar-refractivity contribution is 5.95. The van der Waals surface area contributed by atoms with E-state index in [0.29, 0.717) is 12.2 Å². The molecule has 1 N–H and O–H groups in total. The van der Waals surface area contributed by atoms with Gasteiger partial charge < -0.3 is 9.84 Å². The molecule has 0 fully saturated rings. The van der Waals surface area contributed by atoms with Crippen molar-refractivity contribution in [3.8, 4) is 0 Å². The summed E-state index contributed by atoms with van der Waals surface area (Å²) in [6.07, 6.45) is 7.92. The third-order valence-electron chi connectivity index (χ3n) is 1.87. The minimum Gasteiger partial charge on any atom is -0.457 e. The first-order chi connectivity index (χ1) is 6.79. The summed E-state index contributed by atoms with van der Waals surface area (Å²) in [5.41, 5.74) is 1.42. The molecule has 14 heavy (non-hydrogen) atoms. The Labute approximate surface area is 83.4 Å². The van der Waals surface area contributed by atoms with Gasteiger partial charge >= 0.3 is 5.97 Å². The predicted molar refractivity (Wildman–Crippen MR) is 53.6 cm³/mol. The smallest absolute Gasteiger partial charge is 0.338 e. The third kappa shape index (κ3) is 2.57. The predicted octanol–water partition coefficient (Wildman–Crippen LogP) is 1.35. The lowest BCUT2D eigenvalue weighted by molar-refractivity contribution is -0.135. The van der Waals surface area contributed by atoms with Crippen LogP contribution in [0.25, 0.3) is 0 Å². The Hall–Kier alpha value is -1.35. The van der Waals surface area contributed by atoms with Gasteiger partial charge in [-0.3, -0.25) is 0 Å². The van der Waals surface area contributed by atoms with Crippen LogP contribution in [0.4, 0.5) is 0 Å². The first-order valence-electron chi connectivity index (χ1n) is 4.63. The van der Waals surface area contributed by atoms with Gasteiger partial charge in [0.15, 0.2) is 0 Å². The normalized spacial score (nSPS) is 17.4. The summed E-state index contributed by atoms with van der Waals surface area (Å²) in [6.45, 7) is 2.29. The second-order valence-corrected chi connectivity index (χ2v) is 2.91. The zero-order valence-electron chi connectivity index (χ0n) is 8.19. The molecule has 0 aromatic heterocycles. The van der Waals surface area contributed by atoms with Gasteiger partial charge in [-0.2, -0.15) is 0 Å². The number of cyclic esters (lactones) is 1. The molecule has 0 atom stereocenters. The molecule has 1 rings (SSSR count). The van der Waals surface area contributed by atoms with Crippen molar-refractivity contribution >= 4 is 5.97 Å². The monoisotopic (exact) mass is 194 g/mol. The van der Waals surface area contributed by atoms with Gasteiger partial charge in [0, 0.05) is 5.57 Å². The molecule has 0 saturated heterocycles. The van der Waals surface area contributed by atoms with Gasteiger partial charge in [-0.1, -0.05) is 25.2 Å². The molecule has 0 aliphatic carbocycles. The molecule has 76 valence electrons. The number of hydrogen-bond donors (Lipinski definition) is 1. The fourth-order valence-electron chi connectivity index (χ4n) is 1.17. The van der Waals surface area contributed by atoms with Crippen LogP contribution in [0, 0.1) is 0 Å². The molecule has 0 bridgehead atoms. The molecular weight excluding hydrogens is 180 g/mol. The summed E-state index contributed by atoms with van der Waals surface area (Å²) >= 11 is 0. The second kappa shape index (κ2) is 5.40. The lowest BCUT2D eigenvalue weighted by atomic mass is 10.1. The molecule has 1 heterocycles. The Morgan fingerprint density at radius 3 is 2.86 bits per heavy atom. The summed E-state index contributed by atoms with van der Waals surface area (Å²) < 4.78 is 4.88. The molecule has 0 aromatic rings. The van der Waals surface area contributed by atoms with Crippen LogP contribution in [0.2, 0.25) is 0 Å². The van der Waals surface area contributed by atoms with E-state index in [4.69, 9.17) is 9.84 Å². The molecule has 1 aliphatic rings. The van der Waals surface area contributed by atoms with E-state index in [1.165, 1.54) is 6.08 Å². The van der Waals surface area contributed by atoms with E-state index < -0.39 is 0 Å². The highest BCUT2D eigenvalue weighted by Gasteiger charge is 2.20. The Bertz CT molecular complexity index is 298. The van der Waals surface area contributed by atoms with Gasteiger partial charge in [-0.15, -0.1) is 0 Å². The zero-order chi connectivity index (χ0) is 10.4. The van der Waals surface area contributed by atoms with E-state index in [2.05, 4.69) is 0 Å². The van der Waals surface area contributed by atoms with Gasteiger partial charge in [0.2, 0.25) is 0 Å². The number of hydrogen-bond acceptors (Lipinski definition) is 3. The van der Waals surface area contributed by atoms with Crippen LogP contribution in [0.3, 0.4) is 0 Å². The van der Waals surface area contributed by atoms with Crippen LogP contribution < -0.4 is 0 Å². The lowest BCUT2D eigenvalue weighted by Crippen LogP contribution is -1.96. The summed E-state index contributed by atoms with van der Waals surface area (Å²) in [4.78, 5) is 11.2. The minimum absolute atomic E-state index is 0.0679. The van der Waals surface area contributed by atoms with Gasteiger partial charge in [0.25, 0.3) is 0 Å². The van der Waals surface area contributed by atoms with Gasteiger partial charge in [0.05, 0.1) is 12.2 Å². The number of rotatable bonds is 4. The second-order valence-electron chi connectivity index (χ2n) is 2.91. The first kappa shape index (κ1) is 10.7. The summed E-state index contributed by atoms with van der Waals surface area (Å²) in [5, 5.41) is 8.60. The standard InChI is InChI=1S/C11H14O3/c1-2-3-5-9-8-14-11(13)10(9)6-4-7-12/h3-6,12H,2,7-8H2,1H3/b5-3+,6-4+. The van der Waals surface area contributed by atoms with Crippen LogP contribution in [0.1, 0.15) is 13.3 Å². The maximum Gasteiger partial charge on any atom is 0.338 e. The maximum atomic E-state index is 11.2. The van der Waals surface area contributed by atoms with Crippen molar-refractivity contribution in [3.05, 3.63) is 35.5 Å². The van der Waals surface area contributed by atoms with Crippen LogP contribution in [0.5, 0.6) is 0 Å². The van der Waals surface area contributed by atoms with Crippen molar-refractivity contribution in [1.29, 1.82) is 0 Å². The van der Waals surface area contributed by atoms with Crippen LogP contribution in [-0.2, 0) is 9.53 Å². The molecular formula is C11H14O3. The molecule has 0 aromatic carbocycles. The van der Waals surface area contributed by atoms with Crippen molar-refractivity contribution in [2.75, 3.05) is 13.2 Å². The van der Waals surface area contributed by atoms with Crippen molar-refractivity contribution < 1.29 is 14.6 Å². The largest absolute Gasteiger partial charge is 0.457 e. The number of carbonyl (C=O) groups excluding carboxylic acids is 1. The van der Waals surface area contributed by atoms with Gasteiger partial charge in [0.1, 0.15) is 6.61 Å². The van der Waals surface area contributed by atoms with Gasteiger partial charge in [-0.25, -0.2) is 4.79 Å². The van der Waals surface area contributed by atoms with E-state index >= 15 is 0 Å². The van der Waals surface area contributed by atoms with Crippen LogP contribution in [0.15, 0.2) is 35.5 Å². The molecule has 0 spiro atoms. The topological polar surface area (TPSA) is 46.5 Å². The fraction of sp³-hybridized carbons (Fsp3) is 0.364. The number of aliphatic hydroxyl groups excluding tert-OH is 1. The maximum absolute atomic E-state index is 11.2. The van der Waals surface area contributed by atoms with Crippen molar-refractivity contribution in [3.63, 3.8) is 0 Å². The minimum atomic E-state index is -0.314. The van der Waals surface area contributed by atoms with Crippen molar-refractivity contribution in [2.45, 2.75) is 13.3 Å². The number of carbonyl (C=O) groups is 1. The summed E-state index contributed by atoms with van der Waals surface area (Å²) in [6, 6.07) is 0. The third-order valence-corrected chi connectivity index (χ3v) is 1.87.